The van der Waals surface area contributed by atoms with Crippen LogP contribution in [0.3, 0.4) is 0 Å². The fourth-order valence-corrected chi connectivity index (χ4v) is 2.08. The number of nitrogens with zero attached hydrogens (tertiary/aromatic N) is 1. The van der Waals surface area contributed by atoms with E-state index in [-0.39, 0.29) is 23.3 Å². The molecule has 0 heterocycles. The van der Waals surface area contributed by atoms with Gasteiger partial charge in [-0.2, -0.15) is 5.26 Å². The molecule has 0 bridgehead atoms. The van der Waals surface area contributed by atoms with Gasteiger partial charge < -0.3 is 10.1 Å². The van der Waals surface area contributed by atoms with Gasteiger partial charge in [0.25, 0.3) is 5.91 Å². The molecular formula is C17H13ClN2O3. The van der Waals surface area contributed by atoms with Gasteiger partial charge in [0.2, 0.25) is 0 Å². The predicted octanol–water partition coefficient (Wildman–Crippen LogP) is 3.43. The van der Waals surface area contributed by atoms with Crippen LogP contribution in [0.15, 0.2) is 42.5 Å². The van der Waals surface area contributed by atoms with Crippen LogP contribution in [0.2, 0.25) is 5.02 Å². The maximum absolute atomic E-state index is 11.9. The molecule has 2 aromatic rings. The smallest absolute Gasteiger partial charge is 0.262 e. The predicted molar refractivity (Wildman–Crippen MR) is 86.7 cm³/mol. The average molecular weight is 329 g/mol. The minimum Gasteiger partial charge on any atom is -0.482 e. The van der Waals surface area contributed by atoms with Crippen LogP contribution in [0.4, 0.5) is 5.69 Å². The largest absolute Gasteiger partial charge is 0.482 e. The number of halogens is 1. The Bertz CT molecular complexity index is 797. The summed E-state index contributed by atoms with van der Waals surface area (Å²) in [6.07, 6.45) is 0. The number of benzene rings is 2. The summed E-state index contributed by atoms with van der Waals surface area (Å²) in [6, 6.07) is 13.1. The highest BCUT2D eigenvalue weighted by Crippen LogP contribution is 2.25. The fourth-order valence-electron chi connectivity index (χ4n) is 1.84. The molecule has 0 unspecified atom stereocenters. The zero-order valence-electron chi connectivity index (χ0n) is 12.3. The van der Waals surface area contributed by atoms with Crippen molar-refractivity contribution in [3.05, 3.63) is 58.6 Å². The Labute approximate surface area is 138 Å². The average Bonchev–Trinajstić information content (AvgIpc) is 2.53. The van der Waals surface area contributed by atoms with E-state index in [0.717, 1.165) is 0 Å². The van der Waals surface area contributed by atoms with Crippen molar-refractivity contribution in [2.24, 2.45) is 0 Å². The number of nitrogens with one attached hydrogen (secondary N) is 1. The molecule has 5 nitrogen and oxygen atoms in total. The second-order valence-electron chi connectivity index (χ2n) is 4.73. The lowest BCUT2D eigenvalue weighted by Crippen LogP contribution is -2.20. The van der Waals surface area contributed by atoms with E-state index in [1.807, 2.05) is 6.07 Å². The molecule has 2 rings (SSSR count). The number of Topliss-reactive ketones (excluding diaryl/α,β-unsaturated/α-hetero) is 1. The summed E-state index contributed by atoms with van der Waals surface area (Å²) in [5, 5.41) is 11.7. The van der Waals surface area contributed by atoms with Gasteiger partial charge in [-0.3, -0.25) is 9.59 Å². The first kappa shape index (κ1) is 16.5. The van der Waals surface area contributed by atoms with Crippen molar-refractivity contribution in [2.75, 3.05) is 11.9 Å². The Morgan fingerprint density at radius 1 is 1.26 bits per heavy atom. The molecule has 0 aromatic heterocycles. The second-order valence-corrected chi connectivity index (χ2v) is 5.14. The molecule has 0 radical (unpaired) electrons. The van der Waals surface area contributed by atoms with Crippen LogP contribution in [0.1, 0.15) is 22.8 Å². The van der Waals surface area contributed by atoms with Crippen LogP contribution in [0.25, 0.3) is 0 Å². The van der Waals surface area contributed by atoms with E-state index in [0.29, 0.717) is 22.6 Å². The molecule has 2 aromatic carbocycles. The van der Waals surface area contributed by atoms with Gasteiger partial charge >= 0.3 is 0 Å². The van der Waals surface area contributed by atoms with Gasteiger partial charge in [0.05, 0.1) is 16.7 Å². The third kappa shape index (κ3) is 4.56. The summed E-state index contributed by atoms with van der Waals surface area (Å²) in [6.45, 7) is 1.22. The summed E-state index contributed by atoms with van der Waals surface area (Å²) >= 11 is 5.96. The number of rotatable bonds is 5. The SMILES string of the molecule is CC(=O)c1cccc(NC(=O)COc2ccc(C#N)cc2Cl)c1. The Balaban J connectivity index is 1.97. The standard InChI is InChI=1S/C17H13ClN2O3/c1-11(21)13-3-2-4-14(8-13)20-17(22)10-23-16-6-5-12(9-19)7-15(16)18/h2-8H,10H2,1H3,(H,20,22). The number of amides is 1. The Morgan fingerprint density at radius 3 is 2.70 bits per heavy atom. The Hall–Kier alpha value is -2.84. The van der Waals surface area contributed by atoms with E-state index in [4.69, 9.17) is 21.6 Å². The first-order valence-corrected chi connectivity index (χ1v) is 7.10. The Morgan fingerprint density at radius 2 is 2.04 bits per heavy atom. The minimum absolute atomic E-state index is 0.0817. The highest BCUT2D eigenvalue weighted by molar-refractivity contribution is 6.32. The molecule has 0 saturated heterocycles. The zero-order valence-corrected chi connectivity index (χ0v) is 13.1. The molecule has 0 saturated carbocycles. The molecule has 1 N–H and O–H groups in total. The maximum atomic E-state index is 11.9. The number of carbonyl (C=O) groups is 2. The van der Waals surface area contributed by atoms with Crippen LogP contribution in [-0.4, -0.2) is 18.3 Å². The molecular weight excluding hydrogens is 316 g/mol. The molecule has 0 aliphatic rings. The quantitative estimate of drug-likeness (QED) is 0.853. The van der Waals surface area contributed by atoms with Gasteiger partial charge in [-0.25, -0.2) is 0 Å². The first-order valence-electron chi connectivity index (χ1n) is 6.73. The second kappa shape index (κ2) is 7.43. The summed E-state index contributed by atoms with van der Waals surface area (Å²) in [7, 11) is 0. The number of ketones is 1. The normalized spacial score (nSPS) is 9.78. The molecule has 23 heavy (non-hydrogen) atoms. The molecule has 6 heteroatoms. The van der Waals surface area contributed by atoms with Gasteiger partial charge in [0.15, 0.2) is 12.4 Å². The molecule has 0 aliphatic heterocycles. The van der Waals surface area contributed by atoms with E-state index < -0.39 is 0 Å². The van der Waals surface area contributed by atoms with E-state index in [1.54, 1.807) is 30.3 Å². The molecule has 0 aliphatic carbocycles. The molecule has 0 spiro atoms. The number of nitriles is 1. The lowest BCUT2D eigenvalue weighted by Gasteiger charge is -2.09. The van der Waals surface area contributed by atoms with Crippen molar-refractivity contribution in [3.63, 3.8) is 0 Å². The van der Waals surface area contributed by atoms with Crippen molar-refractivity contribution < 1.29 is 14.3 Å². The first-order chi connectivity index (χ1) is 11.0. The zero-order chi connectivity index (χ0) is 16.8. The van der Waals surface area contributed by atoms with E-state index in [2.05, 4.69) is 5.32 Å². The Kier molecular flexibility index (Phi) is 5.34. The molecule has 0 atom stereocenters. The number of ether oxygens (including phenoxy) is 1. The molecule has 1 amide bonds. The van der Waals surface area contributed by atoms with Gasteiger partial charge in [-0.1, -0.05) is 23.7 Å². The topological polar surface area (TPSA) is 79.2 Å². The van der Waals surface area contributed by atoms with E-state index in [1.165, 1.54) is 19.1 Å². The molecule has 116 valence electrons. The third-order valence-electron chi connectivity index (χ3n) is 2.97. The number of anilines is 1. The number of hydrogen-bond acceptors (Lipinski definition) is 4. The van der Waals surface area contributed by atoms with Crippen LogP contribution >= 0.6 is 11.6 Å². The highest BCUT2D eigenvalue weighted by Gasteiger charge is 2.08. The van der Waals surface area contributed by atoms with Crippen molar-refractivity contribution >= 4 is 29.0 Å². The minimum atomic E-state index is -0.383. The number of carbonyl (C=O) groups excluding carboxylic acids is 2. The third-order valence-corrected chi connectivity index (χ3v) is 3.27. The van der Waals surface area contributed by atoms with Gasteiger partial charge in [-0.05, 0) is 37.3 Å². The van der Waals surface area contributed by atoms with Crippen molar-refractivity contribution in [2.45, 2.75) is 6.92 Å². The lowest BCUT2D eigenvalue weighted by atomic mass is 10.1. The van der Waals surface area contributed by atoms with Gasteiger partial charge in [0, 0.05) is 11.3 Å². The van der Waals surface area contributed by atoms with Gasteiger partial charge in [-0.15, -0.1) is 0 Å². The summed E-state index contributed by atoms with van der Waals surface area (Å²) in [5.74, 6) is -0.147. The van der Waals surface area contributed by atoms with Crippen LogP contribution < -0.4 is 10.1 Å². The maximum Gasteiger partial charge on any atom is 0.262 e. The van der Waals surface area contributed by atoms with Crippen LogP contribution in [-0.2, 0) is 4.79 Å². The van der Waals surface area contributed by atoms with Crippen molar-refractivity contribution in [1.82, 2.24) is 0 Å². The fraction of sp³-hybridized carbons (Fsp3) is 0.118. The van der Waals surface area contributed by atoms with Crippen LogP contribution in [0, 0.1) is 11.3 Å². The lowest BCUT2D eigenvalue weighted by molar-refractivity contribution is -0.118. The summed E-state index contributed by atoms with van der Waals surface area (Å²) in [4.78, 5) is 23.2. The van der Waals surface area contributed by atoms with E-state index in [9.17, 15) is 9.59 Å². The van der Waals surface area contributed by atoms with E-state index >= 15 is 0 Å². The monoisotopic (exact) mass is 328 g/mol. The summed E-state index contributed by atoms with van der Waals surface area (Å²) < 4.78 is 5.33. The van der Waals surface area contributed by atoms with Gasteiger partial charge in [0.1, 0.15) is 5.75 Å². The van der Waals surface area contributed by atoms with Crippen molar-refractivity contribution in [1.29, 1.82) is 5.26 Å². The highest BCUT2D eigenvalue weighted by atomic mass is 35.5. The molecule has 0 fully saturated rings. The number of hydrogen-bond donors (Lipinski definition) is 1. The van der Waals surface area contributed by atoms with Crippen LogP contribution in [0.5, 0.6) is 5.75 Å². The summed E-state index contributed by atoms with van der Waals surface area (Å²) in [5.41, 5.74) is 1.43. The van der Waals surface area contributed by atoms with Crippen molar-refractivity contribution in [3.8, 4) is 11.8 Å².